The van der Waals surface area contributed by atoms with E-state index in [0.29, 0.717) is 19.3 Å². The summed E-state index contributed by atoms with van der Waals surface area (Å²) in [5.74, 6) is -0.920. The third kappa shape index (κ3) is 39.9. The van der Waals surface area contributed by atoms with Crippen LogP contribution in [0.2, 0.25) is 0 Å². The number of rotatable bonds is 40. The molecule has 0 heterocycles. The lowest BCUT2D eigenvalue weighted by Crippen LogP contribution is -2.29. The van der Waals surface area contributed by atoms with Crippen molar-refractivity contribution in [3.05, 3.63) is 60.8 Å². The molecular weight excluding hydrogens is 729 g/mol. The van der Waals surface area contributed by atoms with E-state index in [9.17, 15) is 24.2 Å². The van der Waals surface area contributed by atoms with Crippen LogP contribution < -0.4 is 5.73 Å². The van der Waals surface area contributed by atoms with Gasteiger partial charge in [0, 0.05) is 19.4 Å². The smallest absolute Gasteiger partial charge is 0.462 e. The minimum atomic E-state index is -4.40. The largest absolute Gasteiger partial charge is 0.472 e. The summed E-state index contributed by atoms with van der Waals surface area (Å²) < 4.78 is 32.7. The van der Waals surface area contributed by atoms with Gasteiger partial charge in [0.1, 0.15) is 6.61 Å². The quantitative estimate of drug-likeness (QED) is 0.0179. The summed E-state index contributed by atoms with van der Waals surface area (Å²) in [6.45, 7) is 3.42. The lowest BCUT2D eigenvalue weighted by atomic mass is 10.0. The number of unbranched alkanes of at least 4 members (excludes halogenated alkanes) is 17. The molecule has 0 radical (unpaired) electrons. The van der Waals surface area contributed by atoms with Gasteiger partial charge in [-0.1, -0.05) is 177 Å². The maximum Gasteiger partial charge on any atom is 0.472 e. The minimum Gasteiger partial charge on any atom is -0.462 e. The van der Waals surface area contributed by atoms with Gasteiger partial charge in [0.05, 0.1) is 19.3 Å². The molecule has 10 nitrogen and oxygen atoms in total. The van der Waals surface area contributed by atoms with Gasteiger partial charge in [0.25, 0.3) is 0 Å². The highest BCUT2D eigenvalue weighted by Crippen LogP contribution is 2.43. The molecule has 0 aromatic heterocycles. The van der Waals surface area contributed by atoms with Gasteiger partial charge >= 0.3 is 19.8 Å². The number of allylic oxidation sites excluding steroid dienone is 8. The Morgan fingerprint density at radius 3 is 1.77 bits per heavy atom. The van der Waals surface area contributed by atoms with Gasteiger partial charge in [0.15, 0.2) is 6.10 Å². The zero-order valence-electron chi connectivity index (χ0n) is 35.2. The van der Waals surface area contributed by atoms with E-state index >= 15 is 0 Å². The first-order valence-corrected chi connectivity index (χ1v) is 23.4. The number of esters is 2. The minimum absolute atomic E-state index is 0.0358. The highest BCUT2D eigenvalue weighted by molar-refractivity contribution is 7.47. The van der Waals surface area contributed by atoms with Crippen molar-refractivity contribution in [2.45, 2.75) is 187 Å². The molecule has 324 valence electrons. The third-order valence-corrected chi connectivity index (χ3v) is 9.98. The van der Waals surface area contributed by atoms with Crippen LogP contribution in [0.25, 0.3) is 0 Å². The van der Waals surface area contributed by atoms with Crippen LogP contribution in [-0.4, -0.2) is 60.5 Å². The number of phosphoric acid groups is 1. The van der Waals surface area contributed by atoms with Gasteiger partial charge < -0.3 is 25.2 Å². The first kappa shape index (κ1) is 53.7. The summed E-state index contributed by atoms with van der Waals surface area (Å²) in [6.07, 6.45) is 44.6. The Balaban J connectivity index is 4.26. The fourth-order valence-electron chi connectivity index (χ4n) is 5.75. The van der Waals surface area contributed by atoms with Crippen molar-refractivity contribution in [1.29, 1.82) is 0 Å². The van der Waals surface area contributed by atoms with E-state index in [1.54, 1.807) is 0 Å². The van der Waals surface area contributed by atoms with Crippen molar-refractivity contribution < 1.29 is 42.7 Å². The van der Waals surface area contributed by atoms with Crippen molar-refractivity contribution in [3.63, 3.8) is 0 Å². The van der Waals surface area contributed by atoms with E-state index in [1.165, 1.54) is 89.9 Å². The van der Waals surface area contributed by atoms with Gasteiger partial charge in [0.2, 0.25) is 0 Å². The van der Waals surface area contributed by atoms with Crippen molar-refractivity contribution in [2.24, 2.45) is 5.73 Å². The van der Waals surface area contributed by atoms with Gasteiger partial charge in [-0.2, -0.15) is 0 Å². The Labute approximate surface area is 341 Å². The number of carbonyl (C=O) groups excluding carboxylic acids is 2. The maximum absolute atomic E-state index is 12.6. The first-order valence-electron chi connectivity index (χ1n) is 21.9. The SMILES string of the molecule is CC/C=C\C(O)C/C=C/C=C\C/C=C\C/C=C\CCCC(=O)O[C@H](COC(=O)CCCCCCCCCCCCCCCCCCC)COP(=O)(O)OCCN. The molecule has 0 saturated carbocycles. The average Bonchev–Trinajstić information content (AvgIpc) is 3.18. The molecule has 0 amide bonds. The van der Waals surface area contributed by atoms with Gasteiger partial charge in [-0.25, -0.2) is 4.57 Å². The summed E-state index contributed by atoms with van der Waals surface area (Å²) in [6, 6.07) is 0. The Bertz CT molecular complexity index is 1120. The normalized spacial score (nSPS) is 14.4. The highest BCUT2D eigenvalue weighted by Gasteiger charge is 2.26. The molecule has 0 aliphatic heterocycles. The molecule has 0 aliphatic rings. The number of aliphatic hydroxyl groups excluding tert-OH is 1. The molecule has 4 N–H and O–H groups in total. The molecule has 0 rings (SSSR count). The number of aliphatic hydroxyl groups is 1. The zero-order chi connectivity index (χ0) is 41.2. The lowest BCUT2D eigenvalue weighted by Gasteiger charge is -2.19. The molecule has 11 heteroatoms. The molecule has 3 atom stereocenters. The van der Waals surface area contributed by atoms with Crippen LogP contribution in [0.1, 0.15) is 174 Å². The Morgan fingerprint density at radius 1 is 0.643 bits per heavy atom. The van der Waals surface area contributed by atoms with Gasteiger partial charge in [-0.3, -0.25) is 18.6 Å². The average molecular weight is 810 g/mol. The van der Waals surface area contributed by atoms with E-state index in [0.717, 1.165) is 38.5 Å². The summed E-state index contributed by atoms with van der Waals surface area (Å²) >= 11 is 0. The van der Waals surface area contributed by atoms with E-state index in [-0.39, 0.29) is 32.6 Å². The molecule has 0 spiro atoms. The van der Waals surface area contributed by atoms with E-state index < -0.39 is 38.6 Å². The molecule has 56 heavy (non-hydrogen) atoms. The molecule has 2 unspecified atom stereocenters. The van der Waals surface area contributed by atoms with Crippen molar-refractivity contribution >= 4 is 19.8 Å². The maximum atomic E-state index is 12.6. The van der Waals surface area contributed by atoms with Gasteiger partial charge in [-0.15, -0.1) is 0 Å². The van der Waals surface area contributed by atoms with Crippen molar-refractivity contribution in [1.82, 2.24) is 0 Å². The number of nitrogens with two attached hydrogens (primary N) is 1. The number of hydrogen-bond acceptors (Lipinski definition) is 9. The fraction of sp³-hybridized carbons (Fsp3) is 0.733. The number of phosphoric ester groups is 1. The van der Waals surface area contributed by atoms with Gasteiger partial charge in [-0.05, 0) is 44.9 Å². The zero-order valence-corrected chi connectivity index (χ0v) is 36.1. The van der Waals surface area contributed by atoms with Crippen molar-refractivity contribution in [2.75, 3.05) is 26.4 Å². The number of carbonyl (C=O) groups is 2. The molecule has 0 fully saturated rings. The Morgan fingerprint density at radius 2 is 1.18 bits per heavy atom. The van der Waals surface area contributed by atoms with Crippen LogP contribution in [-0.2, 0) is 32.7 Å². The van der Waals surface area contributed by atoms with Crippen LogP contribution in [0, 0.1) is 0 Å². The van der Waals surface area contributed by atoms with E-state index in [1.807, 2.05) is 55.5 Å². The van der Waals surface area contributed by atoms with Crippen LogP contribution in [0.5, 0.6) is 0 Å². The monoisotopic (exact) mass is 810 g/mol. The topological polar surface area (TPSA) is 155 Å². The van der Waals surface area contributed by atoms with Crippen LogP contribution >= 0.6 is 7.82 Å². The summed E-state index contributed by atoms with van der Waals surface area (Å²) in [4.78, 5) is 34.9. The molecule has 0 bridgehead atoms. The van der Waals surface area contributed by atoms with E-state index in [2.05, 4.69) is 19.1 Å². The number of hydrogen-bond donors (Lipinski definition) is 3. The predicted octanol–water partition coefficient (Wildman–Crippen LogP) is 11.5. The van der Waals surface area contributed by atoms with Crippen molar-refractivity contribution in [3.8, 4) is 0 Å². The first-order chi connectivity index (χ1) is 27.2. The van der Waals surface area contributed by atoms with Crippen LogP contribution in [0.15, 0.2) is 60.8 Å². The second-order valence-corrected chi connectivity index (χ2v) is 15.8. The second-order valence-electron chi connectivity index (χ2n) is 14.4. The Kier molecular flexibility index (Phi) is 39.2. The second kappa shape index (κ2) is 40.9. The van der Waals surface area contributed by atoms with Crippen LogP contribution in [0.4, 0.5) is 0 Å². The molecule has 0 saturated heterocycles. The summed E-state index contributed by atoms with van der Waals surface area (Å²) in [5, 5.41) is 9.76. The summed E-state index contributed by atoms with van der Waals surface area (Å²) in [7, 11) is -4.40. The Hall–Kier alpha value is -2.33. The molecule has 0 aliphatic carbocycles. The number of ether oxygens (including phenoxy) is 2. The fourth-order valence-corrected chi connectivity index (χ4v) is 6.51. The third-order valence-electron chi connectivity index (χ3n) is 8.99. The molecule has 0 aromatic carbocycles. The standard InChI is InChI=1S/C45H80NO9P/c1-3-5-7-8-9-10-11-12-13-14-15-16-20-23-26-29-32-36-44(48)52-40-43(41-54-56(50,51)53-39-38-46)55-45(49)37-33-30-27-24-21-18-17-19-22-25-28-31-35-42(47)34-6-4-2/h6,17-18,22,24-25,27-28,31,34,42-43,47H,3-5,7-16,19-21,23,26,29-30,32-33,35-41,46H2,1-2H3,(H,50,51)/b18-17-,25-22-,27-24-,31-28+,34-6-/t42?,43-/m1/s1. The lowest BCUT2D eigenvalue weighted by molar-refractivity contribution is -0.161. The predicted molar refractivity (Wildman–Crippen MR) is 230 cm³/mol. The van der Waals surface area contributed by atoms with Crippen LogP contribution in [0.3, 0.4) is 0 Å². The van der Waals surface area contributed by atoms with E-state index in [4.69, 9.17) is 24.3 Å². The molecular formula is C45H80NO9P. The summed E-state index contributed by atoms with van der Waals surface area (Å²) in [5.41, 5.74) is 5.34. The molecule has 0 aromatic rings. The highest BCUT2D eigenvalue weighted by atomic mass is 31.2.